The van der Waals surface area contributed by atoms with Crippen molar-refractivity contribution in [3.63, 3.8) is 0 Å². The topological polar surface area (TPSA) is 12.0 Å². The SMILES string of the molecule is CNC(CCC(F)(F)F)c1ccc(C(F)(F)F)c(F)c1. The molecule has 0 aliphatic carbocycles. The molecule has 0 aromatic heterocycles. The fourth-order valence-corrected chi connectivity index (χ4v) is 1.76. The molecule has 1 N–H and O–H groups in total. The van der Waals surface area contributed by atoms with E-state index in [2.05, 4.69) is 5.32 Å². The number of hydrogen-bond acceptors (Lipinski definition) is 1. The third-order valence-corrected chi connectivity index (χ3v) is 2.77. The summed E-state index contributed by atoms with van der Waals surface area (Å²) >= 11 is 0. The van der Waals surface area contributed by atoms with Crippen LogP contribution in [0.25, 0.3) is 0 Å². The Bertz CT molecular complexity index is 450. The van der Waals surface area contributed by atoms with Gasteiger partial charge in [0.25, 0.3) is 0 Å². The van der Waals surface area contributed by atoms with Gasteiger partial charge < -0.3 is 5.32 Å². The summed E-state index contributed by atoms with van der Waals surface area (Å²) in [5.74, 6) is -1.50. The molecule has 1 rings (SSSR count). The zero-order valence-electron chi connectivity index (χ0n) is 10.4. The van der Waals surface area contributed by atoms with Crippen molar-refractivity contribution in [1.82, 2.24) is 5.32 Å². The fraction of sp³-hybridized carbons (Fsp3) is 0.500. The number of alkyl halides is 6. The largest absolute Gasteiger partial charge is 0.419 e. The van der Waals surface area contributed by atoms with Crippen molar-refractivity contribution >= 4 is 0 Å². The minimum absolute atomic E-state index is 0.0438. The summed E-state index contributed by atoms with van der Waals surface area (Å²) in [5.41, 5.74) is -1.39. The van der Waals surface area contributed by atoms with Gasteiger partial charge in [0, 0.05) is 12.5 Å². The standard InChI is InChI=1S/C12H12F7N/c1-20-10(4-5-11(14,15)16)7-2-3-8(9(13)6-7)12(17,18)19/h2-3,6,10,20H,4-5H2,1H3. The minimum Gasteiger partial charge on any atom is -0.313 e. The molecule has 8 heteroatoms. The fourth-order valence-electron chi connectivity index (χ4n) is 1.76. The molecular formula is C12H12F7N. The predicted molar refractivity (Wildman–Crippen MR) is 58.5 cm³/mol. The molecule has 114 valence electrons. The van der Waals surface area contributed by atoms with Crippen molar-refractivity contribution in [2.24, 2.45) is 0 Å². The van der Waals surface area contributed by atoms with Gasteiger partial charge in [0.1, 0.15) is 5.82 Å². The van der Waals surface area contributed by atoms with E-state index in [9.17, 15) is 30.7 Å². The molecular weight excluding hydrogens is 291 g/mol. The van der Waals surface area contributed by atoms with Gasteiger partial charge in [0.15, 0.2) is 0 Å². The van der Waals surface area contributed by atoms with E-state index in [1.165, 1.54) is 7.05 Å². The average Bonchev–Trinajstić information content (AvgIpc) is 2.26. The van der Waals surface area contributed by atoms with Gasteiger partial charge in [-0.25, -0.2) is 4.39 Å². The van der Waals surface area contributed by atoms with E-state index in [1.54, 1.807) is 0 Å². The van der Waals surface area contributed by atoms with Crippen LogP contribution in [-0.4, -0.2) is 13.2 Å². The van der Waals surface area contributed by atoms with Gasteiger partial charge in [0.05, 0.1) is 5.56 Å². The first-order valence-electron chi connectivity index (χ1n) is 5.65. The zero-order chi connectivity index (χ0) is 15.6. The van der Waals surface area contributed by atoms with E-state index in [-0.39, 0.29) is 12.0 Å². The van der Waals surface area contributed by atoms with E-state index in [0.29, 0.717) is 12.1 Å². The van der Waals surface area contributed by atoms with Gasteiger partial charge in [-0.3, -0.25) is 0 Å². The summed E-state index contributed by atoms with van der Waals surface area (Å²) in [6, 6.07) is 1.25. The van der Waals surface area contributed by atoms with E-state index in [1.807, 2.05) is 0 Å². The highest BCUT2D eigenvalue weighted by Crippen LogP contribution is 2.33. The Hall–Kier alpha value is -1.31. The Kier molecular flexibility index (Phi) is 5.01. The van der Waals surface area contributed by atoms with E-state index >= 15 is 0 Å². The maximum absolute atomic E-state index is 13.3. The van der Waals surface area contributed by atoms with Crippen LogP contribution in [0.3, 0.4) is 0 Å². The third kappa shape index (κ3) is 4.66. The summed E-state index contributed by atoms with van der Waals surface area (Å²) in [5, 5.41) is 2.53. The molecule has 1 atom stereocenters. The summed E-state index contributed by atoms with van der Waals surface area (Å²) < 4.78 is 86.8. The molecule has 0 fully saturated rings. The Morgan fingerprint density at radius 3 is 2.10 bits per heavy atom. The molecule has 0 bridgehead atoms. The number of hydrogen-bond donors (Lipinski definition) is 1. The van der Waals surface area contributed by atoms with Gasteiger partial charge in [-0.05, 0) is 31.2 Å². The molecule has 0 spiro atoms. The lowest BCUT2D eigenvalue weighted by atomic mass is 10.00. The van der Waals surface area contributed by atoms with E-state index in [0.717, 1.165) is 6.07 Å². The van der Waals surface area contributed by atoms with Crippen LogP contribution >= 0.6 is 0 Å². The first-order chi connectivity index (χ1) is 9.04. The molecule has 0 heterocycles. The molecule has 1 aromatic rings. The lowest BCUT2D eigenvalue weighted by molar-refractivity contribution is -0.140. The van der Waals surface area contributed by atoms with Crippen LogP contribution in [0.1, 0.15) is 30.0 Å². The number of rotatable bonds is 4. The van der Waals surface area contributed by atoms with Crippen LogP contribution in [-0.2, 0) is 6.18 Å². The normalized spacial score (nSPS) is 14.4. The van der Waals surface area contributed by atoms with Gasteiger partial charge in [-0.1, -0.05) is 6.07 Å². The van der Waals surface area contributed by atoms with Crippen molar-refractivity contribution < 1.29 is 30.7 Å². The molecule has 1 nitrogen and oxygen atoms in total. The Morgan fingerprint density at radius 1 is 1.10 bits per heavy atom. The van der Waals surface area contributed by atoms with Crippen LogP contribution in [0.5, 0.6) is 0 Å². The molecule has 1 aromatic carbocycles. The molecule has 0 aliphatic rings. The summed E-state index contributed by atoms with van der Waals surface area (Å²) in [6.45, 7) is 0. The monoisotopic (exact) mass is 303 g/mol. The van der Waals surface area contributed by atoms with Gasteiger partial charge >= 0.3 is 12.4 Å². The minimum atomic E-state index is -4.83. The summed E-state index contributed by atoms with van der Waals surface area (Å²) in [4.78, 5) is 0. The van der Waals surface area contributed by atoms with Crippen molar-refractivity contribution in [2.75, 3.05) is 7.05 Å². The van der Waals surface area contributed by atoms with Crippen molar-refractivity contribution in [1.29, 1.82) is 0 Å². The van der Waals surface area contributed by atoms with Crippen molar-refractivity contribution in [3.8, 4) is 0 Å². The van der Waals surface area contributed by atoms with Crippen molar-refractivity contribution in [2.45, 2.75) is 31.2 Å². The molecule has 0 aliphatic heterocycles. The predicted octanol–water partition coefficient (Wildman–Crippen LogP) is 4.45. The average molecular weight is 303 g/mol. The van der Waals surface area contributed by atoms with Gasteiger partial charge in [-0.15, -0.1) is 0 Å². The van der Waals surface area contributed by atoms with Gasteiger partial charge in [0.2, 0.25) is 0 Å². The van der Waals surface area contributed by atoms with E-state index < -0.39 is 36.2 Å². The highest BCUT2D eigenvalue weighted by Gasteiger charge is 2.34. The Balaban J connectivity index is 2.92. The second-order valence-corrected chi connectivity index (χ2v) is 4.23. The first kappa shape index (κ1) is 16.7. The first-order valence-corrected chi connectivity index (χ1v) is 5.65. The number of nitrogens with one attached hydrogen (secondary N) is 1. The van der Waals surface area contributed by atoms with E-state index in [4.69, 9.17) is 0 Å². The second kappa shape index (κ2) is 5.99. The molecule has 0 radical (unpaired) electrons. The van der Waals surface area contributed by atoms with Crippen LogP contribution in [0.2, 0.25) is 0 Å². The van der Waals surface area contributed by atoms with Gasteiger partial charge in [-0.2, -0.15) is 26.3 Å². The third-order valence-electron chi connectivity index (χ3n) is 2.77. The Morgan fingerprint density at radius 2 is 1.70 bits per heavy atom. The van der Waals surface area contributed by atoms with Crippen LogP contribution < -0.4 is 5.32 Å². The maximum atomic E-state index is 13.3. The highest BCUT2D eigenvalue weighted by atomic mass is 19.4. The van der Waals surface area contributed by atoms with Crippen molar-refractivity contribution in [3.05, 3.63) is 35.1 Å². The lowest BCUT2D eigenvalue weighted by Gasteiger charge is -2.18. The maximum Gasteiger partial charge on any atom is 0.419 e. The molecule has 20 heavy (non-hydrogen) atoms. The number of benzene rings is 1. The quantitative estimate of drug-likeness (QED) is 0.810. The number of halogens is 7. The van der Waals surface area contributed by atoms with Crippen LogP contribution in [0, 0.1) is 5.82 Å². The van der Waals surface area contributed by atoms with Crippen LogP contribution in [0.15, 0.2) is 18.2 Å². The molecule has 0 saturated heterocycles. The molecule has 0 saturated carbocycles. The zero-order valence-corrected chi connectivity index (χ0v) is 10.4. The summed E-state index contributed by atoms with van der Waals surface area (Å²) in [6.07, 6.45) is -10.7. The second-order valence-electron chi connectivity index (χ2n) is 4.23. The molecule has 1 unspecified atom stereocenters. The molecule has 0 amide bonds. The lowest BCUT2D eigenvalue weighted by Crippen LogP contribution is -2.20. The summed E-state index contributed by atoms with van der Waals surface area (Å²) in [7, 11) is 1.36. The highest BCUT2D eigenvalue weighted by molar-refractivity contribution is 5.28. The van der Waals surface area contributed by atoms with Crippen LogP contribution in [0.4, 0.5) is 30.7 Å². The smallest absolute Gasteiger partial charge is 0.313 e. The Labute approximate surface area is 110 Å².